The lowest BCUT2D eigenvalue weighted by atomic mass is 9.92. The van der Waals surface area contributed by atoms with Crippen molar-refractivity contribution in [3.05, 3.63) is 23.9 Å². The fraction of sp³-hybridized carbons (Fsp3) is 0.688. The zero-order chi connectivity index (χ0) is 13.6. The van der Waals surface area contributed by atoms with E-state index in [1.165, 1.54) is 24.8 Å². The molecule has 0 aromatic carbocycles. The predicted molar refractivity (Wildman–Crippen MR) is 80.2 cm³/mol. The van der Waals surface area contributed by atoms with E-state index in [4.69, 9.17) is 0 Å². The molecule has 0 amide bonds. The van der Waals surface area contributed by atoms with Crippen molar-refractivity contribution in [3.63, 3.8) is 0 Å². The van der Waals surface area contributed by atoms with Crippen molar-refractivity contribution in [1.82, 2.24) is 4.98 Å². The third-order valence-corrected chi connectivity index (χ3v) is 3.13. The molecule has 1 aromatic rings. The number of hydrogen-bond acceptors (Lipinski definition) is 2. The summed E-state index contributed by atoms with van der Waals surface area (Å²) in [6.07, 6.45) is 5.63. The first-order valence-electron chi connectivity index (χ1n) is 7.10. The highest BCUT2D eigenvalue weighted by Crippen LogP contribution is 2.21. The Kier molecular flexibility index (Phi) is 5.64. The Morgan fingerprint density at radius 2 is 1.89 bits per heavy atom. The number of anilines is 1. The Labute approximate surface area is 112 Å². The van der Waals surface area contributed by atoms with Crippen LogP contribution in [0.3, 0.4) is 0 Å². The molecule has 1 aromatic heterocycles. The van der Waals surface area contributed by atoms with Crippen LogP contribution in [0.2, 0.25) is 0 Å². The maximum atomic E-state index is 4.56. The Bertz CT molecular complexity index is 335. The van der Waals surface area contributed by atoms with Crippen LogP contribution in [0, 0.1) is 12.3 Å². The highest BCUT2D eigenvalue weighted by Gasteiger charge is 2.14. The molecule has 0 saturated carbocycles. The van der Waals surface area contributed by atoms with Crippen molar-refractivity contribution >= 4 is 5.82 Å². The third-order valence-electron chi connectivity index (χ3n) is 3.13. The third kappa shape index (κ3) is 5.52. The summed E-state index contributed by atoms with van der Waals surface area (Å²) < 4.78 is 0. The van der Waals surface area contributed by atoms with Gasteiger partial charge in [0.05, 0.1) is 0 Å². The van der Waals surface area contributed by atoms with Gasteiger partial charge in [-0.3, -0.25) is 0 Å². The van der Waals surface area contributed by atoms with Crippen LogP contribution in [-0.4, -0.2) is 18.1 Å². The molecule has 0 fully saturated rings. The maximum absolute atomic E-state index is 4.56. The van der Waals surface area contributed by atoms with Crippen molar-refractivity contribution in [1.29, 1.82) is 0 Å². The van der Waals surface area contributed by atoms with Crippen molar-refractivity contribution in [2.24, 2.45) is 5.41 Å². The summed E-state index contributed by atoms with van der Waals surface area (Å²) >= 11 is 0. The number of hydrogen-bond donors (Lipinski definition) is 0. The van der Waals surface area contributed by atoms with E-state index in [1.54, 1.807) is 0 Å². The van der Waals surface area contributed by atoms with E-state index < -0.39 is 0 Å². The van der Waals surface area contributed by atoms with Crippen molar-refractivity contribution in [2.45, 2.75) is 53.9 Å². The minimum Gasteiger partial charge on any atom is -0.357 e. The number of aryl methyl sites for hydroxylation is 1. The van der Waals surface area contributed by atoms with Crippen LogP contribution < -0.4 is 4.90 Å². The lowest BCUT2D eigenvalue weighted by Crippen LogP contribution is -2.29. The van der Waals surface area contributed by atoms with Gasteiger partial charge in [0.15, 0.2) is 0 Å². The quantitative estimate of drug-likeness (QED) is 0.740. The largest absolute Gasteiger partial charge is 0.357 e. The Hall–Kier alpha value is -1.05. The molecule has 0 aliphatic rings. The van der Waals surface area contributed by atoms with E-state index >= 15 is 0 Å². The van der Waals surface area contributed by atoms with Gasteiger partial charge in [-0.15, -0.1) is 0 Å². The second-order valence-corrected chi connectivity index (χ2v) is 6.35. The summed E-state index contributed by atoms with van der Waals surface area (Å²) in [5.41, 5.74) is 1.61. The van der Waals surface area contributed by atoms with Crippen LogP contribution in [0.1, 0.15) is 52.5 Å². The summed E-state index contributed by atoms with van der Waals surface area (Å²) in [7, 11) is 0. The molecule has 2 heteroatoms. The summed E-state index contributed by atoms with van der Waals surface area (Å²) in [5.74, 6) is 1.12. The van der Waals surface area contributed by atoms with E-state index in [2.05, 4.69) is 56.6 Å². The Morgan fingerprint density at radius 3 is 2.39 bits per heavy atom. The van der Waals surface area contributed by atoms with Crippen LogP contribution in [0.25, 0.3) is 0 Å². The second kappa shape index (κ2) is 6.77. The lowest BCUT2D eigenvalue weighted by molar-refractivity contribution is 0.377. The first-order chi connectivity index (χ1) is 8.42. The zero-order valence-corrected chi connectivity index (χ0v) is 12.7. The standard InChI is InChI=1S/C16H28N2/c1-6-7-11-18(12-10-16(3,4)5)15-9-8-14(2)13-17-15/h8-9,13H,6-7,10-12H2,1-5H3. The van der Waals surface area contributed by atoms with E-state index in [0.717, 1.165) is 18.9 Å². The molecule has 0 bridgehead atoms. The molecule has 1 heterocycles. The van der Waals surface area contributed by atoms with Crippen LogP contribution in [0.4, 0.5) is 5.82 Å². The summed E-state index contributed by atoms with van der Waals surface area (Å²) in [4.78, 5) is 6.98. The molecule has 1 rings (SSSR count). The van der Waals surface area contributed by atoms with Crippen LogP contribution in [-0.2, 0) is 0 Å². The summed E-state index contributed by atoms with van der Waals surface area (Å²) in [6, 6.07) is 4.30. The fourth-order valence-electron chi connectivity index (χ4n) is 1.81. The van der Waals surface area contributed by atoms with Gasteiger partial charge in [0.25, 0.3) is 0 Å². The van der Waals surface area contributed by atoms with Crippen molar-refractivity contribution < 1.29 is 0 Å². The molecule has 0 unspecified atom stereocenters. The number of rotatable bonds is 6. The van der Waals surface area contributed by atoms with E-state index in [9.17, 15) is 0 Å². The molecule has 0 N–H and O–H groups in total. The van der Waals surface area contributed by atoms with E-state index in [-0.39, 0.29) is 0 Å². The smallest absolute Gasteiger partial charge is 0.128 e. The molecular weight excluding hydrogens is 220 g/mol. The lowest BCUT2D eigenvalue weighted by Gasteiger charge is -2.27. The van der Waals surface area contributed by atoms with Gasteiger partial charge in [0, 0.05) is 19.3 Å². The number of pyridine rings is 1. The second-order valence-electron chi connectivity index (χ2n) is 6.35. The SMILES string of the molecule is CCCCN(CCC(C)(C)C)c1ccc(C)cn1. The van der Waals surface area contributed by atoms with Gasteiger partial charge in [0.2, 0.25) is 0 Å². The zero-order valence-electron chi connectivity index (χ0n) is 12.7. The van der Waals surface area contributed by atoms with Crippen LogP contribution in [0.5, 0.6) is 0 Å². The number of unbranched alkanes of at least 4 members (excludes halogenated alkanes) is 1. The Morgan fingerprint density at radius 1 is 1.17 bits per heavy atom. The fourth-order valence-corrected chi connectivity index (χ4v) is 1.81. The number of aromatic nitrogens is 1. The molecule has 18 heavy (non-hydrogen) atoms. The molecule has 0 aliphatic carbocycles. The number of nitrogens with zero attached hydrogens (tertiary/aromatic N) is 2. The molecular formula is C16H28N2. The van der Waals surface area contributed by atoms with Gasteiger partial charge in [-0.2, -0.15) is 0 Å². The summed E-state index contributed by atoms with van der Waals surface area (Å²) in [6.45, 7) is 13.4. The molecule has 0 radical (unpaired) electrons. The van der Waals surface area contributed by atoms with Gasteiger partial charge >= 0.3 is 0 Å². The topological polar surface area (TPSA) is 16.1 Å². The van der Waals surface area contributed by atoms with Crippen LogP contribution in [0.15, 0.2) is 18.3 Å². The van der Waals surface area contributed by atoms with Gasteiger partial charge in [-0.05, 0) is 36.8 Å². The van der Waals surface area contributed by atoms with Gasteiger partial charge < -0.3 is 4.90 Å². The average Bonchev–Trinajstić information content (AvgIpc) is 2.29. The van der Waals surface area contributed by atoms with E-state index in [1.807, 2.05) is 6.20 Å². The first kappa shape index (κ1) is 15.0. The predicted octanol–water partition coefficient (Wildman–Crippen LogP) is 4.43. The van der Waals surface area contributed by atoms with Crippen molar-refractivity contribution in [2.75, 3.05) is 18.0 Å². The summed E-state index contributed by atoms with van der Waals surface area (Å²) in [5, 5.41) is 0. The van der Waals surface area contributed by atoms with Gasteiger partial charge in [-0.1, -0.05) is 40.2 Å². The average molecular weight is 248 g/mol. The Balaban J connectivity index is 2.68. The first-order valence-corrected chi connectivity index (χ1v) is 7.10. The van der Waals surface area contributed by atoms with Crippen LogP contribution >= 0.6 is 0 Å². The monoisotopic (exact) mass is 248 g/mol. The van der Waals surface area contributed by atoms with E-state index in [0.29, 0.717) is 5.41 Å². The molecule has 2 nitrogen and oxygen atoms in total. The minimum absolute atomic E-state index is 0.384. The highest BCUT2D eigenvalue weighted by atomic mass is 15.2. The van der Waals surface area contributed by atoms with Crippen molar-refractivity contribution in [3.8, 4) is 0 Å². The van der Waals surface area contributed by atoms with Gasteiger partial charge in [0.1, 0.15) is 5.82 Å². The maximum Gasteiger partial charge on any atom is 0.128 e. The normalized spacial score (nSPS) is 11.6. The molecule has 0 atom stereocenters. The van der Waals surface area contributed by atoms with Gasteiger partial charge in [-0.25, -0.2) is 4.98 Å². The minimum atomic E-state index is 0.384. The molecule has 102 valence electrons. The molecule has 0 saturated heterocycles. The molecule has 0 spiro atoms. The highest BCUT2D eigenvalue weighted by molar-refractivity contribution is 5.39. The molecule has 0 aliphatic heterocycles.